The highest BCUT2D eigenvalue weighted by Gasteiger charge is 2.18. The molecule has 28 heavy (non-hydrogen) atoms. The second-order valence-corrected chi connectivity index (χ2v) is 13.1. The van der Waals surface area contributed by atoms with Gasteiger partial charge >= 0.3 is 0 Å². The summed E-state index contributed by atoms with van der Waals surface area (Å²) in [6.45, 7) is 0. The Bertz CT molecular complexity index is 1080. The highest BCUT2D eigenvalue weighted by Crippen LogP contribution is 2.45. The van der Waals surface area contributed by atoms with Gasteiger partial charge in [0.15, 0.2) is 0 Å². The summed E-state index contributed by atoms with van der Waals surface area (Å²) in [5.41, 5.74) is 12.2. The van der Waals surface area contributed by atoms with E-state index < -0.39 is 10.0 Å². The number of benzene rings is 3. The Balaban J connectivity index is 2.26. The molecular formula is C19H28B7NS. The molecule has 0 aliphatic carbocycles. The fourth-order valence-electron chi connectivity index (χ4n) is 4.18. The molecule has 0 bridgehead atoms. The standard InChI is InChI=1S/C19H28B7NS/c1-28(2,3)9-6-4-8(5-7-9)27-19-11-10(13(21)17(25)18(19)26)12(20)15(23)16(24)14(11)22/h4-7,27H,20-26H2,1-3H3. The smallest absolute Gasteiger partial charge is 0.141 e. The molecule has 0 aliphatic rings. The van der Waals surface area contributed by atoms with Crippen LogP contribution in [0.25, 0.3) is 10.8 Å². The van der Waals surface area contributed by atoms with Crippen LogP contribution in [0.1, 0.15) is 0 Å². The molecule has 0 aliphatic heterocycles. The molecule has 3 rings (SSSR count). The number of hydrogen-bond acceptors (Lipinski definition) is 1. The van der Waals surface area contributed by atoms with Crippen LogP contribution in [0.4, 0.5) is 11.4 Å². The van der Waals surface area contributed by atoms with Crippen LogP contribution < -0.4 is 43.6 Å². The van der Waals surface area contributed by atoms with E-state index in [-0.39, 0.29) is 0 Å². The lowest BCUT2D eigenvalue weighted by molar-refractivity contribution is 1.43. The minimum atomic E-state index is -0.698. The van der Waals surface area contributed by atoms with Gasteiger partial charge in [-0.15, -0.1) is 10.9 Å². The highest BCUT2D eigenvalue weighted by atomic mass is 32.3. The molecule has 0 heterocycles. The second-order valence-electron chi connectivity index (χ2n) is 8.99. The Hall–Kier alpha value is -1.48. The zero-order chi connectivity index (χ0) is 21.0. The van der Waals surface area contributed by atoms with Crippen molar-refractivity contribution in [2.75, 3.05) is 24.1 Å². The third-order valence-electron chi connectivity index (χ3n) is 6.64. The summed E-state index contributed by atoms with van der Waals surface area (Å²) in [5, 5.41) is 6.59. The molecule has 0 saturated carbocycles. The molecule has 0 fully saturated rings. The van der Waals surface area contributed by atoms with Crippen LogP contribution in [0, 0.1) is 0 Å². The molecule has 0 spiro atoms. The van der Waals surface area contributed by atoms with Gasteiger partial charge in [0.2, 0.25) is 0 Å². The van der Waals surface area contributed by atoms with Crippen LogP contribution in [0.5, 0.6) is 0 Å². The first-order valence-electron chi connectivity index (χ1n) is 10.0. The fourth-order valence-corrected chi connectivity index (χ4v) is 5.14. The van der Waals surface area contributed by atoms with E-state index in [1.807, 2.05) is 0 Å². The van der Waals surface area contributed by atoms with Gasteiger partial charge in [0, 0.05) is 11.4 Å². The molecule has 0 aromatic heterocycles. The average molecular weight is 378 g/mol. The first-order chi connectivity index (χ1) is 12.9. The van der Waals surface area contributed by atoms with E-state index in [2.05, 4.69) is 103 Å². The molecule has 0 saturated heterocycles. The van der Waals surface area contributed by atoms with Crippen LogP contribution in [0.2, 0.25) is 0 Å². The van der Waals surface area contributed by atoms with Crippen LogP contribution in [0.3, 0.4) is 0 Å². The van der Waals surface area contributed by atoms with Crippen LogP contribution in [0.15, 0.2) is 29.2 Å². The van der Waals surface area contributed by atoms with Gasteiger partial charge in [0.25, 0.3) is 0 Å². The van der Waals surface area contributed by atoms with E-state index in [9.17, 15) is 0 Å². The zero-order valence-corrected chi connectivity index (χ0v) is 20.0. The topological polar surface area (TPSA) is 12.0 Å². The van der Waals surface area contributed by atoms with Crippen LogP contribution in [-0.4, -0.2) is 73.7 Å². The lowest BCUT2D eigenvalue weighted by Gasteiger charge is -2.27. The Morgan fingerprint density at radius 2 is 1.00 bits per heavy atom. The van der Waals surface area contributed by atoms with Crippen molar-refractivity contribution >= 4 is 125 Å². The maximum atomic E-state index is 3.79. The predicted octanol–water partition coefficient (Wildman–Crippen LogP) is -6.55. The Morgan fingerprint density at radius 3 is 1.46 bits per heavy atom. The summed E-state index contributed by atoms with van der Waals surface area (Å²) in [7, 11) is 15.1. The van der Waals surface area contributed by atoms with E-state index in [1.54, 1.807) is 0 Å². The van der Waals surface area contributed by atoms with Gasteiger partial charge < -0.3 is 5.32 Å². The van der Waals surface area contributed by atoms with E-state index >= 15 is 0 Å². The van der Waals surface area contributed by atoms with Crippen molar-refractivity contribution in [1.29, 1.82) is 0 Å². The summed E-state index contributed by atoms with van der Waals surface area (Å²) < 4.78 is 0. The molecule has 3 aromatic rings. The van der Waals surface area contributed by atoms with Gasteiger partial charge in [-0.2, -0.15) is 0 Å². The SMILES string of the molecule is Bc1c(B)c(B)c2c(Nc3ccc(S(C)(C)C)cc3)c(B)c(B)c(B)c2c1B. The fraction of sp³-hybridized carbons (Fsp3) is 0.158. The Morgan fingerprint density at radius 1 is 0.571 bits per heavy atom. The van der Waals surface area contributed by atoms with Gasteiger partial charge in [-0.3, -0.25) is 0 Å². The lowest BCUT2D eigenvalue weighted by atomic mass is 9.60. The van der Waals surface area contributed by atoms with Crippen LogP contribution >= 0.6 is 10.0 Å². The van der Waals surface area contributed by atoms with E-state index in [0.29, 0.717) is 0 Å². The van der Waals surface area contributed by atoms with Crippen molar-refractivity contribution in [2.45, 2.75) is 4.90 Å². The Kier molecular flexibility index (Phi) is 5.62. The normalized spacial score (nSPS) is 12.2. The van der Waals surface area contributed by atoms with E-state index in [0.717, 1.165) is 5.69 Å². The quantitative estimate of drug-likeness (QED) is 0.447. The van der Waals surface area contributed by atoms with Gasteiger partial charge in [-0.1, -0.05) is 27.3 Å². The average Bonchev–Trinajstić information content (AvgIpc) is 2.64. The first-order valence-corrected chi connectivity index (χ1v) is 12.9. The predicted molar refractivity (Wildman–Crippen MR) is 155 cm³/mol. The second kappa shape index (κ2) is 7.41. The van der Waals surface area contributed by atoms with Crippen molar-refractivity contribution in [3.8, 4) is 0 Å². The van der Waals surface area contributed by atoms with Crippen molar-refractivity contribution in [1.82, 2.24) is 0 Å². The van der Waals surface area contributed by atoms with Crippen molar-refractivity contribution < 1.29 is 0 Å². The molecule has 1 nitrogen and oxygen atoms in total. The third kappa shape index (κ3) is 3.47. The largest absolute Gasteiger partial charge is 0.356 e. The summed E-state index contributed by atoms with van der Waals surface area (Å²) in [5.74, 6) is 0. The third-order valence-corrected chi connectivity index (χ3v) is 8.33. The zero-order valence-electron chi connectivity index (χ0n) is 19.2. The molecule has 3 aromatic carbocycles. The van der Waals surface area contributed by atoms with Crippen molar-refractivity contribution in [2.24, 2.45) is 0 Å². The monoisotopic (exact) mass is 379 g/mol. The van der Waals surface area contributed by atoms with Crippen molar-refractivity contribution in [3.05, 3.63) is 24.3 Å². The number of rotatable bonds is 3. The minimum absolute atomic E-state index is 0.698. The molecule has 136 valence electrons. The summed E-state index contributed by atoms with van der Waals surface area (Å²) in [4.78, 5) is 1.44. The minimum Gasteiger partial charge on any atom is -0.356 e. The molecular weight excluding hydrogens is 350 g/mol. The summed E-state index contributed by atoms with van der Waals surface area (Å²) in [6, 6.07) is 9.03. The molecule has 1 N–H and O–H groups in total. The number of anilines is 2. The number of nitrogens with one attached hydrogen (secondary N) is 1. The molecule has 0 unspecified atom stereocenters. The van der Waals surface area contributed by atoms with Gasteiger partial charge in [-0.25, -0.2) is 10.0 Å². The van der Waals surface area contributed by atoms with Crippen molar-refractivity contribution in [3.63, 3.8) is 0 Å². The van der Waals surface area contributed by atoms with Gasteiger partial charge in [-0.05, 0) is 58.7 Å². The van der Waals surface area contributed by atoms with Crippen LogP contribution in [-0.2, 0) is 0 Å². The van der Waals surface area contributed by atoms with Gasteiger partial charge in [0.1, 0.15) is 54.9 Å². The number of hydrogen-bond donors (Lipinski definition) is 1. The molecule has 0 amide bonds. The maximum absolute atomic E-state index is 3.79. The molecule has 0 radical (unpaired) electrons. The Labute approximate surface area is 178 Å². The first kappa shape index (κ1) is 21.2. The van der Waals surface area contributed by atoms with E-state index in [1.165, 1.54) is 59.6 Å². The maximum Gasteiger partial charge on any atom is 0.141 e. The lowest BCUT2D eigenvalue weighted by Crippen LogP contribution is -2.52. The van der Waals surface area contributed by atoms with Gasteiger partial charge in [0.05, 0.1) is 0 Å². The highest BCUT2D eigenvalue weighted by molar-refractivity contribution is 8.32. The molecule has 9 heteroatoms. The molecule has 0 atom stereocenters. The summed E-state index contributed by atoms with van der Waals surface area (Å²) in [6.07, 6.45) is 7.02. The summed E-state index contributed by atoms with van der Waals surface area (Å²) >= 11 is 0. The van der Waals surface area contributed by atoms with E-state index in [4.69, 9.17) is 0 Å². The number of fused-ring (bicyclic) bond motifs is 1.